The third kappa shape index (κ3) is 2.92. The predicted octanol–water partition coefficient (Wildman–Crippen LogP) is 1.92. The molecule has 1 aliphatic rings. The smallest absolute Gasteiger partial charge is 0.106 e. The van der Waals surface area contributed by atoms with Crippen LogP contribution in [0.25, 0.3) is 0 Å². The van der Waals surface area contributed by atoms with E-state index in [4.69, 9.17) is 11.6 Å². The van der Waals surface area contributed by atoms with Gasteiger partial charge in [-0.3, -0.25) is 0 Å². The van der Waals surface area contributed by atoms with Gasteiger partial charge < -0.3 is 15.1 Å². The Kier molecular flexibility index (Phi) is 4.26. The Bertz CT molecular complexity index is 349. The lowest BCUT2D eigenvalue weighted by atomic mass is 10.0. The second-order valence-corrected chi connectivity index (χ2v) is 4.76. The summed E-state index contributed by atoms with van der Waals surface area (Å²) in [5, 5.41) is 19.3. The zero-order valence-electron chi connectivity index (χ0n) is 9.72. The van der Waals surface area contributed by atoms with Crippen LogP contribution in [0.1, 0.15) is 24.5 Å². The number of hydrogen-bond donors (Lipinski definition) is 2. The molecule has 4 heteroatoms. The number of anilines is 1. The van der Waals surface area contributed by atoms with Gasteiger partial charge >= 0.3 is 0 Å². The van der Waals surface area contributed by atoms with Gasteiger partial charge in [0, 0.05) is 18.8 Å². The Labute approximate surface area is 107 Å². The summed E-state index contributed by atoms with van der Waals surface area (Å²) >= 11 is 5.51. The second-order valence-electron chi connectivity index (χ2n) is 4.45. The SMILES string of the molecule is OC(CCl)C(O)c1ccc(N2CCCC2)cc1. The van der Waals surface area contributed by atoms with Crippen molar-refractivity contribution >= 4 is 17.3 Å². The van der Waals surface area contributed by atoms with Gasteiger partial charge in [0.05, 0.1) is 12.0 Å². The lowest BCUT2D eigenvalue weighted by molar-refractivity contribution is 0.0327. The van der Waals surface area contributed by atoms with Gasteiger partial charge in [0.15, 0.2) is 0 Å². The van der Waals surface area contributed by atoms with Crippen LogP contribution in [0.15, 0.2) is 24.3 Å². The minimum absolute atomic E-state index is 0.0367. The number of benzene rings is 1. The summed E-state index contributed by atoms with van der Waals surface area (Å²) in [5.74, 6) is 0.0367. The fourth-order valence-corrected chi connectivity index (χ4v) is 2.33. The molecule has 1 aromatic rings. The Hall–Kier alpha value is -0.770. The van der Waals surface area contributed by atoms with Crippen molar-refractivity contribution in [3.63, 3.8) is 0 Å². The van der Waals surface area contributed by atoms with Crippen molar-refractivity contribution in [1.29, 1.82) is 0 Å². The summed E-state index contributed by atoms with van der Waals surface area (Å²) in [7, 11) is 0. The third-order valence-corrected chi connectivity index (χ3v) is 3.54. The van der Waals surface area contributed by atoms with Gasteiger partial charge in [0.2, 0.25) is 0 Å². The number of aliphatic hydroxyl groups excluding tert-OH is 2. The van der Waals surface area contributed by atoms with Crippen molar-refractivity contribution in [3.05, 3.63) is 29.8 Å². The maximum atomic E-state index is 9.80. The summed E-state index contributed by atoms with van der Waals surface area (Å²) in [6, 6.07) is 7.69. The summed E-state index contributed by atoms with van der Waals surface area (Å²) in [5.41, 5.74) is 1.89. The zero-order valence-corrected chi connectivity index (χ0v) is 10.5. The first-order valence-corrected chi connectivity index (χ1v) is 6.53. The molecule has 0 radical (unpaired) electrons. The molecule has 1 aromatic carbocycles. The minimum Gasteiger partial charge on any atom is -0.389 e. The van der Waals surface area contributed by atoms with Crippen LogP contribution in [0, 0.1) is 0 Å². The number of aliphatic hydroxyl groups is 2. The first-order valence-electron chi connectivity index (χ1n) is 5.99. The molecule has 2 N–H and O–H groups in total. The molecule has 94 valence electrons. The molecule has 1 heterocycles. The van der Waals surface area contributed by atoms with Crippen LogP contribution in [0.3, 0.4) is 0 Å². The van der Waals surface area contributed by atoms with Crippen molar-refractivity contribution in [1.82, 2.24) is 0 Å². The van der Waals surface area contributed by atoms with Gasteiger partial charge in [0.25, 0.3) is 0 Å². The number of nitrogens with zero attached hydrogens (tertiary/aromatic N) is 1. The highest BCUT2D eigenvalue weighted by molar-refractivity contribution is 6.18. The number of rotatable bonds is 4. The van der Waals surface area contributed by atoms with E-state index in [9.17, 15) is 10.2 Å². The van der Waals surface area contributed by atoms with Crippen molar-refractivity contribution in [2.75, 3.05) is 23.9 Å². The molecule has 2 atom stereocenters. The van der Waals surface area contributed by atoms with E-state index in [1.165, 1.54) is 18.5 Å². The molecule has 0 saturated carbocycles. The molecule has 1 fully saturated rings. The van der Waals surface area contributed by atoms with Crippen LogP contribution in [0.2, 0.25) is 0 Å². The molecule has 2 rings (SSSR count). The summed E-state index contributed by atoms with van der Waals surface area (Å²) < 4.78 is 0. The van der Waals surface area contributed by atoms with Crippen molar-refractivity contribution in [3.8, 4) is 0 Å². The Balaban J connectivity index is 2.06. The fourth-order valence-electron chi connectivity index (χ4n) is 2.16. The molecule has 0 bridgehead atoms. The normalized spacial score (nSPS) is 19.4. The lowest BCUT2D eigenvalue weighted by Crippen LogP contribution is -2.20. The van der Waals surface area contributed by atoms with Crippen molar-refractivity contribution in [2.45, 2.75) is 25.0 Å². The molecule has 1 saturated heterocycles. The standard InChI is InChI=1S/C13H18ClNO2/c14-9-12(16)13(17)10-3-5-11(6-4-10)15-7-1-2-8-15/h3-6,12-13,16-17H,1-2,7-9H2. The maximum absolute atomic E-state index is 9.80. The first kappa shape index (κ1) is 12.7. The fraction of sp³-hybridized carbons (Fsp3) is 0.538. The molecule has 17 heavy (non-hydrogen) atoms. The monoisotopic (exact) mass is 255 g/mol. The summed E-state index contributed by atoms with van der Waals surface area (Å²) in [4.78, 5) is 2.33. The Morgan fingerprint density at radius 3 is 2.24 bits per heavy atom. The van der Waals surface area contributed by atoms with E-state index in [1.807, 2.05) is 24.3 Å². The highest BCUT2D eigenvalue weighted by Gasteiger charge is 2.18. The van der Waals surface area contributed by atoms with E-state index in [0.29, 0.717) is 5.56 Å². The van der Waals surface area contributed by atoms with Crippen LogP contribution in [0.5, 0.6) is 0 Å². The lowest BCUT2D eigenvalue weighted by Gasteiger charge is -2.20. The van der Waals surface area contributed by atoms with Crippen LogP contribution < -0.4 is 4.90 Å². The molecule has 1 aliphatic heterocycles. The predicted molar refractivity (Wildman–Crippen MR) is 69.6 cm³/mol. The second kappa shape index (κ2) is 5.71. The van der Waals surface area contributed by atoms with Crippen LogP contribution in [-0.2, 0) is 0 Å². The molecular weight excluding hydrogens is 238 g/mol. The van der Waals surface area contributed by atoms with Gasteiger partial charge in [-0.1, -0.05) is 12.1 Å². The maximum Gasteiger partial charge on any atom is 0.106 e. The highest BCUT2D eigenvalue weighted by atomic mass is 35.5. The van der Waals surface area contributed by atoms with E-state index in [0.717, 1.165) is 13.1 Å². The van der Waals surface area contributed by atoms with E-state index in [-0.39, 0.29) is 5.88 Å². The van der Waals surface area contributed by atoms with Gasteiger partial charge in [-0.05, 0) is 30.5 Å². The number of hydrogen-bond acceptors (Lipinski definition) is 3. The zero-order chi connectivity index (χ0) is 12.3. The summed E-state index contributed by atoms with van der Waals surface area (Å²) in [6.07, 6.45) is 0.680. The average molecular weight is 256 g/mol. The van der Waals surface area contributed by atoms with Gasteiger partial charge in [-0.15, -0.1) is 11.6 Å². The van der Waals surface area contributed by atoms with Crippen molar-refractivity contribution in [2.24, 2.45) is 0 Å². The Morgan fingerprint density at radius 1 is 1.12 bits per heavy atom. The van der Waals surface area contributed by atoms with E-state index < -0.39 is 12.2 Å². The van der Waals surface area contributed by atoms with Crippen LogP contribution in [0.4, 0.5) is 5.69 Å². The first-order chi connectivity index (χ1) is 8.22. The highest BCUT2D eigenvalue weighted by Crippen LogP contribution is 2.24. The Morgan fingerprint density at radius 2 is 1.71 bits per heavy atom. The van der Waals surface area contributed by atoms with Crippen molar-refractivity contribution < 1.29 is 10.2 Å². The number of halogens is 1. The van der Waals surface area contributed by atoms with E-state index >= 15 is 0 Å². The van der Waals surface area contributed by atoms with Gasteiger partial charge in [0.1, 0.15) is 6.10 Å². The molecule has 2 unspecified atom stereocenters. The van der Waals surface area contributed by atoms with E-state index in [2.05, 4.69) is 4.90 Å². The molecule has 0 spiro atoms. The number of alkyl halides is 1. The summed E-state index contributed by atoms with van der Waals surface area (Å²) in [6.45, 7) is 2.21. The van der Waals surface area contributed by atoms with Gasteiger partial charge in [-0.25, -0.2) is 0 Å². The molecular formula is C13H18ClNO2. The topological polar surface area (TPSA) is 43.7 Å². The molecule has 0 aromatic heterocycles. The molecule has 0 amide bonds. The average Bonchev–Trinajstić information content (AvgIpc) is 2.91. The van der Waals surface area contributed by atoms with E-state index in [1.54, 1.807) is 0 Å². The minimum atomic E-state index is -0.908. The van der Waals surface area contributed by atoms with Gasteiger partial charge in [-0.2, -0.15) is 0 Å². The largest absolute Gasteiger partial charge is 0.389 e. The third-order valence-electron chi connectivity index (χ3n) is 3.23. The van der Waals surface area contributed by atoms with Crippen LogP contribution in [-0.4, -0.2) is 35.3 Å². The molecule has 3 nitrogen and oxygen atoms in total. The molecule has 0 aliphatic carbocycles. The van der Waals surface area contributed by atoms with Crippen LogP contribution >= 0.6 is 11.6 Å². The quantitative estimate of drug-likeness (QED) is 0.808.